The predicted octanol–water partition coefficient (Wildman–Crippen LogP) is 9.93. The van der Waals surface area contributed by atoms with Gasteiger partial charge in [0.2, 0.25) is 0 Å². The van der Waals surface area contributed by atoms with Crippen molar-refractivity contribution in [2.75, 3.05) is 12.8 Å². The summed E-state index contributed by atoms with van der Waals surface area (Å²) in [5.41, 5.74) is 5.44. The van der Waals surface area contributed by atoms with Crippen LogP contribution in [0.25, 0.3) is 22.1 Å². The first kappa shape index (κ1) is 56.1. The van der Waals surface area contributed by atoms with Crippen LogP contribution in [0, 0.1) is 6.92 Å². The number of hydrogen-bond acceptors (Lipinski definition) is 13. The van der Waals surface area contributed by atoms with Crippen molar-refractivity contribution in [1.82, 2.24) is 29.1 Å². The molecule has 4 aromatic heterocycles. The Kier molecular flexibility index (Phi) is 21.5. The molecule has 26 heteroatoms. The van der Waals surface area contributed by atoms with Crippen LogP contribution in [0.5, 0.6) is 0 Å². The van der Waals surface area contributed by atoms with Gasteiger partial charge in [-0.2, -0.15) is 0 Å². The van der Waals surface area contributed by atoms with Crippen LogP contribution in [0.4, 0.5) is 5.82 Å². The molecule has 64 heavy (non-hydrogen) atoms. The number of aliphatic hydroxyl groups is 5. The van der Waals surface area contributed by atoms with E-state index in [-0.39, 0.29) is 15.8 Å². The Labute approximate surface area is 455 Å². The van der Waals surface area contributed by atoms with Gasteiger partial charge in [-0.3, -0.25) is 0 Å². The number of rotatable bonds is 7. The van der Waals surface area contributed by atoms with E-state index < -0.39 is 60.3 Å². The van der Waals surface area contributed by atoms with Gasteiger partial charge in [0.1, 0.15) is 77.6 Å². The number of nitrogens with zero attached hydrogens (tertiary/aromatic N) is 6. The fourth-order valence-electron chi connectivity index (χ4n) is 7.34. The number of aromatic nitrogens is 6. The normalized spacial score (nSPS) is 26.1. The fourth-order valence-corrected chi connectivity index (χ4v) is 7.95. The number of anilines is 1. The number of halogens is 9. The molecule has 7 N–H and O–H groups in total. The third kappa shape index (κ3) is 12.6. The van der Waals surface area contributed by atoms with Gasteiger partial charge in [-0.25, -0.2) is 19.9 Å². The van der Waals surface area contributed by atoms with E-state index in [1.165, 1.54) is 39.7 Å². The van der Waals surface area contributed by atoms with Crippen LogP contribution >= 0.6 is 146 Å². The number of ether oxygens (including phenoxy) is 3. The minimum absolute atomic E-state index is 0.261. The molecule has 0 bridgehead atoms. The Hall–Kier alpha value is 1.14. The van der Waals surface area contributed by atoms with Crippen molar-refractivity contribution in [1.29, 1.82) is 0 Å². The van der Waals surface area contributed by atoms with E-state index in [9.17, 15) is 25.5 Å². The molecule has 0 radical (unpaired) electrons. The monoisotopic (exact) mass is 1600 g/mol. The molecule has 2 aromatic carbocycles. The summed E-state index contributed by atoms with van der Waals surface area (Å²) in [5.74, 6) is 0.287. The van der Waals surface area contributed by atoms with E-state index in [2.05, 4.69) is 120 Å². The summed E-state index contributed by atoms with van der Waals surface area (Å²) < 4.78 is 21.0. The van der Waals surface area contributed by atoms with Crippen molar-refractivity contribution in [3.8, 4) is 0 Å². The number of fused-ring (bicyclic) bond motifs is 2. The Balaban J connectivity index is 0.000000211. The number of aryl methyl sites for hydroxylation is 1. The molecular formula is C38H39Cl4I5N7O8V2. The summed E-state index contributed by atoms with van der Waals surface area (Å²) in [7, 11) is 2.14. The standard InChI is InChI=1S/C20H21Cl2N3O4.C18H18Cl2N4O4.5HI.2V/c1-10-12-6-7-25(18(12)24-9-23-10)19-16(26)20(2,27)17(29-19)15(28-3)11-4-5-13(21)14(22)8-11;1-18(27)13(26)17(24-5-4-9-15(21)22-7-23-16(9)24)28-14(18)12(25)8-2-3-10(19)11(20)6-8;;;;;;;/h4-9,15-17,19,26-27H,1-3H3;2-7,12-14,17,25-27H,1H3,(H2,21,22,23);5*1H;;/q;;;;;;;+2;+3/p-5/t15-,16+,17-,19-,20+;12-,13+,14-,17-,18+;;;;;;;/m11......./s1. The molecule has 6 heterocycles. The maximum absolute atomic E-state index is 11.1. The quantitative estimate of drug-likeness (QED) is 0.0822. The zero-order valence-electron chi connectivity index (χ0n) is 33.6. The predicted molar refractivity (Wildman–Crippen MR) is 283 cm³/mol. The molecule has 0 spiro atoms. The average Bonchev–Trinajstić information content (AvgIpc) is 3.98. The molecule has 2 fully saturated rings. The maximum atomic E-state index is 11.1. The van der Waals surface area contributed by atoms with E-state index >= 15 is 0 Å². The second-order valence-corrected chi connectivity index (χ2v) is 63.4. The topological polar surface area (TPSA) is 216 Å². The molecule has 0 amide bonds. The van der Waals surface area contributed by atoms with Gasteiger partial charge in [-0.05, 0) is 68.3 Å². The number of nitrogens with two attached hydrogens (primary N) is 1. The van der Waals surface area contributed by atoms with Gasteiger partial charge in [0.25, 0.3) is 0 Å². The Morgan fingerprint density at radius 3 is 1.70 bits per heavy atom. The summed E-state index contributed by atoms with van der Waals surface area (Å²) in [6.45, 7) is 4.81. The van der Waals surface area contributed by atoms with Crippen molar-refractivity contribution in [3.63, 3.8) is 0 Å². The summed E-state index contributed by atoms with van der Waals surface area (Å²) in [6.07, 6.45) is -2.22. The molecule has 347 valence electrons. The van der Waals surface area contributed by atoms with Gasteiger partial charge < -0.3 is 54.6 Å². The molecule has 8 rings (SSSR count). The molecule has 15 nitrogen and oxygen atoms in total. The Morgan fingerprint density at radius 1 is 0.750 bits per heavy atom. The van der Waals surface area contributed by atoms with E-state index in [1.807, 2.05) is 13.0 Å². The molecule has 0 saturated carbocycles. The fraction of sp³-hybridized carbons (Fsp3) is 0.368. The van der Waals surface area contributed by atoms with Gasteiger partial charge >= 0.3 is 114 Å². The molecule has 2 aliphatic heterocycles. The number of benzene rings is 2. The summed E-state index contributed by atoms with van der Waals surface area (Å²) >= 11 is 36.2. The van der Waals surface area contributed by atoms with Gasteiger partial charge in [-0.15, -0.1) is 0 Å². The van der Waals surface area contributed by atoms with E-state index in [0.717, 1.165) is 11.1 Å². The number of methoxy groups -OCH3 is 1. The number of hydrogen-bond donors (Lipinski definition) is 6. The Morgan fingerprint density at radius 2 is 1.19 bits per heavy atom. The summed E-state index contributed by atoms with van der Waals surface area (Å²) in [6, 6.07) is 13.2. The van der Waals surface area contributed by atoms with Crippen LogP contribution in [0.1, 0.15) is 55.3 Å². The van der Waals surface area contributed by atoms with Crippen LogP contribution in [0.15, 0.2) is 73.6 Å². The molecule has 2 saturated heterocycles. The van der Waals surface area contributed by atoms with Gasteiger partial charge in [0.05, 0.1) is 31.2 Å². The van der Waals surface area contributed by atoms with Gasteiger partial charge in [0.15, 0.2) is 12.5 Å². The zero-order valence-corrected chi connectivity index (χ0v) is 50.2. The van der Waals surface area contributed by atoms with Crippen LogP contribution in [-0.2, 0) is 28.6 Å². The van der Waals surface area contributed by atoms with Crippen molar-refractivity contribution >= 4 is 174 Å². The molecular weight excluding hydrogens is 1560 g/mol. The van der Waals surface area contributed by atoms with Crippen LogP contribution < -0.4 is 5.73 Å². The number of aliphatic hydroxyl groups excluding tert-OH is 3. The molecule has 0 aliphatic carbocycles. The van der Waals surface area contributed by atoms with E-state index in [4.69, 9.17) is 66.3 Å². The van der Waals surface area contributed by atoms with Gasteiger partial charge in [-0.1, -0.05) is 58.5 Å². The van der Waals surface area contributed by atoms with Crippen molar-refractivity contribution in [2.45, 2.75) is 81.1 Å². The Bertz CT molecular complexity index is 2530. The second-order valence-electron chi connectivity index (χ2n) is 14.6. The first-order chi connectivity index (χ1) is 30.1. The van der Waals surface area contributed by atoms with Crippen LogP contribution in [-0.4, -0.2) is 97.3 Å². The third-order valence-electron chi connectivity index (χ3n) is 10.6. The van der Waals surface area contributed by atoms with Gasteiger partial charge in [0, 0.05) is 24.9 Å². The molecule has 10 atom stereocenters. The summed E-state index contributed by atoms with van der Waals surface area (Å²) in [5, 5.41) is 57.4. The van der Waals surface area contributed by atoms with E-state index in [0.29, 0.717) is 52.3 Å². The second kappa shape index (κ2) is 24.5. The zero-order chi connectivity index (χ0) is 47.4. The molecule has 2 aliphatic rings. The SMILES string of the molecule is CO[C@H](c1ccc(Cl)c(Cl)c1)[C@H]1O[C@@H](n2ccc3c(C)ncnc32)[C@H](O)[C@]1(C)O.C[C@@]1(O)[C@@H]([C@H](O)c2ccc(Cl)c(Cl)c2)O[C@@H](n2ccc3c(N)ncnc32)[C@@H]1O.[I][V]([I])[I].[I][V][I]. The number of nitrogen functional groups attached to an aromatic ring is 1. The minimum atomic E-state index is -1.76. The first-order valence-electron chi connectivity index (χ1n) is 18.4. The molecule has 0 unspecified atom stereocenters. The van der Waals surface area contributed by atoms with Crippen molar-refractivity contribution in [3.05, 3.63) is 110 Å². The summed E-state index contributed by atoms with van der Waals surface area (Å²) in [4.78, 5) is 16.3. The third-order valence-corrected chi connectivity index (χ3v) is 12.1. The van der Waals surface area contributed by atoms with E-state index in [1.54, 1.807) is 57.9 Å². The van der Waals surface area contributed by atoms with Crippen molar-refractivity contribution < 1.29 is 54.1 Å². The molecule has 6 aromatic rings. The van der Waals surface area contributed by atoms with Crippen LogP contribution in [0.3, 0.4) is 0 Å². The van der Waals surface area contributed by atoms with Crippen LogP contribution in [0.2, 0.25) is 20.1 Å². The van der Waals surface area contributed by atoms with Crippen molar-refractivity contribution in [2.24, 2.45) is 0 Å². The first-order valence-corrected chi connectivity index (χ1v) is 42.4. The average molecular weight is 1600 g/mol.